The molecule has 5 rings (SSSR count). The summed E-state index contributed by atoms with van der Waals surface area (Å²) in [6.07, 6.45) is 7.25. The van der Waals surface area contributed by atoms with Gasteiger partial charge in [-0.15, -0.1) is 0 Å². The van der Waals surface area contributed by atoms with Gasteiger partial charge in [-0.3, -0.25) is 14.9 Å². The van der Waals surface area contributed by atoms with Crippen LogP contribution in [0.3, 0.4) is 0 Å². The molecule has 0 aliphatic heterocycles. The van der Waals surface area contributed by atoms with Crippen molar-refractivity contribution in [3.05, 3.63) is 114 Å². The molecule has 5 aromatic rings. The summed E-state index contributed by atoms with van der Waals surface area (Å²) < 4.78 is 0. The molecule has 0 atom stereocenters. The molecule has 0 radical (unpaired) electrons. The third kappa shape index (κ3) is 14.8. The van der Waals surface area contributed by atoms with Crippen LogP contribution in [0, 0.1) is 21.3 Å². The van der Waals surface area contributed by atoms with Gasteiger partial charge in [0.25, 0.3) is 0 Å². The number of carboxylic acids is 1. The molecule has 0 fully saturated rings. The van der Waals surface area contributed by atoms with Gasteiger partial charge in [-0.25, -0.2) is 25.3 Å². The van der Waals surface area contributed by atoms with Gasteiger partial charge < -0.3 is 40.2 Å². The standard InChI is InChI=1S/C21H23N5O2.C18H24N2.2CHNS.Ru/c1-24(2)17-9-11-22-19(13-17)26(16-7-5-15(6-8-16)21(27)28)20-14-18(25(3)4)10-12-23-20;1-17(2,3)13-7-9-19-15(11-13)16-12-14(8-10-20-16)18(4,5)6;2*2-1-3;/h5-14H,1-4H3,(H,27,28);7-12H,1-6H3;2*3H;/q;;;;+2/p-2. The summed E-state index contributed by atoms with van der Waals surface area (Å²) in [4.78, 5) is 35.2. The zero-order valence-electron chi connectivity index (χ0n) is 32.8. The monoisotopic (exact) mass is 863 g/mol. The van der Waals surface area contributed by atoms with E-state index in [1.54, 1.807) is 36.7 Å². The van der Waals surface area contributed by atoms with E-state index in [0.29, 0.717) is 11.6 Å². The SMILES string of the molecule is CC(C)(C)c1ccnc(-c2cc(C(C)(C)C)ccn2)c1.CN(C)c1ccnc(N(c2ccc(C(=O)O)cc2)c2cc(N(C)C)ccn2)c1.N#C[S-].N#C[S-].[Ru+2]. The second kappa shape index (κ2) is 22.2. The number of hydrogen-bond donors (Lipinski definition) is 1. The first-order chi connectivity index (χ1) is 25.4. The Hall–Kier alpha value is -5.27. The maximum Gasteiger partial charge on any atom is 2.00 e. The van der Waals surface area contributed by atoms with E-state index in [2.05, 4.69) is 111 Å². The summed E-state index contributed by atoms with van der Waals surface area (Å²) in [6, 6.07) is 22.9. The molecule has 55 heavy (non-hydrogen) atoms. The number of hydrogen-bond acceptors (Lipinski definition) is 12. The van der Waals surface area contributed by atoms with Crippen LogP contribution >= 0.6 is 0 Å². The fourth-order valence-electron chi connectivity index (χ4n) is 4.83. The van der Waals surface area contributed by atoms with Crippen molar-refractivity contribution in [1.29, 1.82) is 10.5 Å². The van der Waals surface area contributed by atoms with Gasteiger partial charge in [0, 0.05) is 82.2 Å². The number of carbonyl (C=O) groups is 1. The number of pyridine rings is 4. The number of aromatic nitrogens is 4. The maximum atomic E-state index is 11.2. The molecule has 0 bridgehead atoms. The molecule has 0 amide bonds. The normalized spacial score (nSPS) is 10.1. The zero-order valence-corrected chi connectivity index (χ0v) is 36.2. The Labute approximate surface area is 349 Å². The van der Waals surface area contributed by atoms with Crippen molar-refractivity contribution in [3.63, 3.8) is 0 Å². The van der Waals surface area contributed by atoms with Crippen molar-refractivity contribution in [2.45, 2.75) is 52.4 Å². The minimum absolute atomic E-state index is 0. The van der Waals surface area contributed by atoms with Crippen molar-refractivity contribution in [3.8, 4) is 22.2 Å². The first-order valence-corrected chi connectivity index (χ1v) is 17.6. The molecule has 0 unspecified atom stereocenters. The minimum atomic E-state index is -0.960. The predicted octanol–water partition coefficient (Wildman–Crippen LogP) is 8.54. The van der Waals surface area contributed by atoms with Gasteiger partial charge in [0.15, 0.2) is 0 Å². The van der Waals surface area contributed by atoms with Gasteiger partial charge in [-0.05, 0) is 82.6 Å². The molecule has 0 saturated carbocycles. The Bertz CT molecular complexity index is 1930. The average Bonchev–Trinajstić information content (AvgIpc) is 3.12. The van der Waals surface area contributed by atoms with Crippen LogP contribution in [0.25, 0.3) is 11.4 Å². The quantitative estimate of drug-likeness (QED) is 0.0949. The third-order valence-electron chi connectivity index (χ3n) is 7.84. The van der Waals surface area contributed by atoms with Crippen LogP contribution in [0.15, 0.2) is 97.6 Å². The largest absolute Gasteiger partial charge is 2.00 e. The molecule has 4 aromatic heterocycles. The molecule has 0 saturated heterocycles. The molecular formula is C41H47N9O2RuS2. The van der Waals surface area contributed by atoms with Crippen LogP contribution in [0.5, 0.6) is 0 Å². The number of thiocyanates is 2. The average molecular weight is 863 g/mol. The molecule has 1 N–H and O–H groups in total. The van der Waals surface area contributed by atoms with Gasteiger partial charge >= 0.3 is 25.4 Å². The molecule has 14 heteroatoms. The molecule has 0 aliphatic carbocycles. The van der Waals surface area contributed by atoms with Gasteiger partial charge in [0.05, 0.1) is 17.0 Å². The van der Waals surface area contributed by atoms with E-state index in [4.69, 9.17) is 10.5 Å². The van der Waals surface area contributed by atoms with Crippen LogP contribution in [0.1, 0.15) is 63.0 Å². The van der Waals surface area contributed by atoms with E-state index < -0.39 is 5.97 Å². The number of nitriles is 2. The number of rotatable bonds is 7. The number of carboxylic acid groups (broad SMARTS) is 1. The van der Waals surface area contributed by atoms with E-state index in [0.717, 1.165) is 28.5 Å². The van der Waals surface area contributed by atoms with E-state index >= 15 is 0 Å². The fraction of sp³-hybridized carbons (Fsp3) is 0.293. The zero-order chi connectivity index (χ0) is 40.6. The van der Waals surface area contributed by atoms with Gasteiger partial charge in [0.2, 0.25) is 0 Å². The van der Waals surface area contributed by atoms with Crippen molar-refractivity contribution in [1.82, 2.24) is 19.9 Å². The number of anilines is 5. The first kappa shape index (κ1) is 47.8. The Kier molecular flexibility index (Phi) is 19.3. The van der Waals surface area contributed by atoms with Crippen molar-refractivity contribution in [2.75, 3.05) is 42.9 Å². The van der Waals surface area contributed by atoms with Crippen LogP contribution in [0.2, 0.25) is 0 Å². The Morgan fingerprint density at radius 1 is 0.600 bits per heavy atom. The summed E-state index contributed by atoms with van der Waals surface area (Å²) in [5.41, 5.74) is 7.72. The molecule has 288 valence electrons. The Balaban J connectivity index is 0.000000492. The Morgan fingerprint density at radius 2 is 0.945 bits per heavy atom. The second-order valence-corrected chi connectivity index (χ2v) is 14.6. The molecule has 0 aliphatic rings. The smallest absolute Gasteiger partial charge is 0.696 e. The molecule has 4 heterocycles. The fourth-order valence-corrected chi connectivity index (χ4v) is 4.83. The molecular weight excluding hydrogens is 816 g/mol. The number of aromatic carboxylic acids is 1. The van der Waals surface area contributed by atoms with Crippen LogP contribution in [0.4, 0.5) is 28.7 Å². The summed E-state index contributed by atoms with van der Waals surface area (Å²) in [5, 5.41) is 26.1. The van der Waals surface area contributed by atoms with Crippen molar-refractivity contribution >= 4 is 59.9 Å². The van der Waals surface area contributed by atoms with E-state index in [9.17, 15) is 9.90 Å². The van der Waals surface area contributed by atoms with Gasteiger partial charge in [-0.2, -0.15) is 0 Å². The molecule has 0 spiro atoms. The summed E-state index contributed by atoms with van der Waals surface area (Å²) in [5.74, 6) is 0.425. The topological polar surface area (TPSA) is 146 Å². The summed E-state index contributed by atoms with van der Waals surface area (Å²) in [7, 11) is 7.87. The molecule has 11 nitrogen and oxygen atoms in total. The summed E-state index contributed by atoms with van der Waals surface area (Å²) >= 11 is 7.40. The van der Waals surface area contributed by atoms with Gasteiger partial charge in [0.1, 0.15) is 11.6 Å². The van der Waals surface area contributed by atoms with Crippen molar-refractivity contribution < 1.29 is 29.4 Å². The first-order valence-electron chi connectivity index (χ1n) is 16.7. The van der Waals surface area contributed by atoms with Gasteiger partial charge in [-0.1, -0.05) is 52.3 Å². The van der Waals surface area contributed by atoms with Crippen LogP contribution in [-0.2, 0) is 55.6 Å². The van der Waals surface area contributed by atoms with E-state index in [1.165, 1.54) is 21.9 Å². The Morgan fingerprint density at radius 3 is 1.25 bits per heavy atom. The number of nitrogens with zero attached hydrogens (tertiary/aromatic N) is 9. The summed E-state index contributed by atoms with van der Waals surface area (Å²) in [6.45, 7) is 13.3. The molecule has 1 aromatic carbocycles. The minimum Gasteiger partial charge on any atom is -0.696 e. The third-order valence-corrected chi connectivity index (χ3v) is 7.84. The van der Waals surface area contributed by atoms with E-state index in [-0.39, 0.29) is 35.9 Å². The maximum absolute atomic E-state index is 11.2. The predicted molar refractivity (Wildman–Crippen MR) is 223 cm³/mol. The second-order valence-electron chi connectivity index (χ2n) is 14.3. The van der Waals surface area contributed by atoms with Crippen molar-refractivity contribution in [2.24, 2.45) is 0 Å². The number of benzene rings is 1. The van der Waals surface area contributed by atoms with E-state index in [1.807, 2.05) is 79.5 Å². The van der Waals surface area contributed by atoms with Crippen LogP contribution in [-0.4, -0.2) is 59.2 Å². The van der Waals surface area contributed by atoms with Crippen LogP contribution < -0.4 is 14.7 Å².